The average Bonchev–Trinajstić information content (AvgIpc) is 2.52. The molecular weight excluding hydrogens is 190 g/mol. The molecule has 0 bridgehead atoms. The van der Waals surface area contributed by atoms with Gasteiger partial charge in [-0.2, -0.15) is 5.26 Å². The maximum atomic E-state index is 11.0. The van der Waals surface area contributed by atoms with Crippen molar-refractivity contribution in [3.05, 3.63) is 24.0 Å². The molecule has 13 heavy (non-hydrogen) atoms. The van der Waals surface area contributed by atoms with Crippen LogP contribution in [0.3, 0.4) is 0 Å². The number of nitrogens with zero attached hydrogens (tertiary/aromatic N) is 1. The fraction of sp³-hybridized carbons (Fsp3) is 0.286. The second-order valence-corrected chi connectivity index (χ2v) is 4.26. The van der Waals surface area contributed by atoms with E-state index in [-0.39, 0.29) is 6.54 Å². The lowest BCUT2D eigenvalue weighted by atomic mass is 10.4. The molecule has 0 amide bonds. The van der Waals surface area contributed by atoms with Gasteiger partial charge in [0.2, 0.25) is 10.0 Å². The largest absolute Gasteiger partial charge is 0.367 e. The molecule has 0 aliphatic heterocycles. The molecule has 0 saturated carbocycles. The monoisotopic (exact) mass is 199 g/mol. The third-order valence-corrected chi connectivity index (χ3v) is 2.51. The molecule has 0 radical (unpaired) electrons. The minimum Gasteiger partial charge on any atom is -0.367 e. The van der Waals surface area contributed by atoms with Gasteiger partial charge in [0.05, 0.1) is 6.07 Å². The number of aromatic nitrogens is 1. The highest BCUT2D eigenvalue weighted by Crippen LogP contribution is 1.96. The van der Waals surface area contributed by atoms with Crippen molar-refractivity contribution in [2.45, 2.75) is 6.54 Å². The molecule has 6 heteroatoms. The van der Waals surface area contributed by atoms with Gasteiger partial charge in [-0.25, -0.2) is 13.1 Å². The Morgan fingerprint density at radius 3 is 2.92 bits per heavy atom. The summed E-state index contributed by atoms with van der Waals surface area (Å²) in [5, 5.41) is 8.18. The number of aromatic amines is 1. The molecule has 0 aliphatic rings. The Hall–Kier alpha value is -1.32. The minimum absolute atomic E-state index is 0.216. The Kier molecular flexibility index (Phi) is 3.06. The summed E-state index contributed by atoms with van der Waals surface area (Å²) in [5.74, 6) is -0.503. The minimum atomic E-state index is -3.43. The quantitative estimate of drug-likeness (QED) is 0.713. The van der Waals surface area contributed by atoms with Crippen molar-refractivity contribution in [1.29, 1.82) is 5.26 Å². The van der Waals surface area contributed by atoms with Gasteiger partial charge in [-0.1, -0.05) is 0 Å². The molecule has 0 unspecified atom stereocenters. The van der Waals surface area contributed by atoms with E-state index in [1.165, 1.54) is 0 Å². The molecule has 1 rings (SSSR count). The van der Waals surface area contributed by atoms with Gasteiger partial charge in [0, 0.05) is 18.9 Å². The van der Waals surface area contributed by atoms with E-state index in [0.29, 0.717) is 0 Å². The first-order chi connectivity index (χ1) is 6.14. The van der Waals surface area contributed by atoms with Gasteiger partial charge >= 0.3 is 0 Å². The summed E-state index contributed by atoms with van der Waals surface area (Å²) in [6.45, 7) is 0.216. The summed E-state index contributed by atoms with van der Waals surface area (Å²) in [5.41, 5.74) is 0.835. The summed E-state index contributed by atoms with van der Waals surface area (Å²) in [6.07, 6.45) is 3.39. The van der Waals surface area contributed by atoms with Crippen LogP contribution in [0.4, 0.5) is 0 Å². The molecular formula is C7H9N3O2S. The number of H-pyrrole nitrogens is 1. The molecule has 1 aromatic rings. The summed E-state index contributed by atoms with van der Waals surface area (Å²) in [7, 11) is -3.43. The van der Waals surface area contributed by atoms with E-state index in [9.17, 15) is 8.42 Å². The number of rotatable bonds is 4. The van der Waals surface area contributed by atoms with Gasteiger partial charge in [-0.3, -0.25) is 0 Å². The van der Waals surface area contributed by atoms with Gasteiger partial charge in [0.1, 0.15) is 0 Å². The van der Waals surface area contributed by atoms with E-state index < -0.39 is 15.8 Å². The van der Waals surface area contributed by atoms with Crippen LogP contribution in [0.1, 0.15) is 5.56 Å². The topological polar surface area (TPSA) is 85.8 Å². The predicted octanol–water partition coefficient (Wildman–Crippen LogP) is -0.0423. The Morgan fingerprint density at radius 1 is 1.62 bits per heavy atom. The van der Waals surface area contributed by atoms with E-state index in [1.807, 2.05) is 0 Å². The number of nitriles is 1. The SMILES string of the molecule is N#CCS(=O)(=O)NCc1cc[nH]c1. The Bertz CT molecular complexity index is 388. The van der Waals surface area contributed by atoms with Gasteiger partial charge in [-0.05, 0) is 11.6 Å². The van der Waals surface area contributed by atoms with Crippen molar-refractivity contribution in [2.24, 2.45) is 0 Å². The van der Waals surface area contributed by atoms with E-state index in [4.69, 9.17) is 5.26 Å². The van der Waals surface area contributed by atoms with Crippen molar-refractivity contribution in [3.63, 3.8) is 0 Å². The lowest BCUT2D eigenvalue weighted by Gasteiger charge is -2.00. The van der Waals surface area contributed by atoms with Crippen molar-refractivity contribution >= 4 is 10.0 Å². The standard InChI is InChI=1S/C7H9N3O2S/c8-2-4-13(11,12)10-6-7-1-3-9-5-7/h1,3,5,9-10H,4,6H2. The zero-order valence-corrected chi connectivity index (χ0v) is 7.63. The fourth-order valence-electron chi connectivity index (χ4n) is 0.798. The van der Waals surface area contributed by atoms with Gasteiger partial charge in [-0.15, -0.1) is 0 Å². The molecule has 5 nitrogen and oxygen atoms in total. The van der Waals surface area contributed by atoms with Crippen molar-refractivity contribution < 1.29 is 8.42 Å². The second kappa shape index (κ2) is 4.07. The first kappa shape index (κ1) is 9.77. The Balaban J connectivity index is 2.49. The van der Waals surface area contributed by atoms with Crippen LogP contribution in [-0.2, 0) is 16.6 Å². The lowest BCUT2D eigenvalue weighted by Crippen LogP contribution is -2.25. The van der Waals surface area contributed by atoms with Gasteiger partial charge in [0.15, 0.2) is 5.75 Å². The van der Waals surface area contributed by atoms with E-state index >= 15 is 0 Å². The van der Waals surface area contributed by atoms with Gasteiger partial charge in [0.25, 0.3) is 0 Å². The summed E-state index contributed by atoms with van der Waals surface area (Å²) in [6, 6.07) is 3.34. The van der Waals surface area contributed by atoms with E-state index in [0.717, 1.165) is 5.56 Å². The number of hydrogen-bond donors (Lipinski definition) is 2. The van der Waals surface area contributed by atoms with Crippen LogP contribution in [0.15, 0.2) is 18.5 Å². The summed E-state index contributed by atoms with van der Waals surface area (Å²) < 4.78 is 24.3. The van der Waals surface area contributed by atoms with E-state index in [1.54, 1.807) is 24.5 Å². The van der Waals surface area contributed by atoms with Crippen LogP contribution >= 0.6 is 0 Å². The zero-order valence-electron chi connectivity index (χ0n) is 6.82. The fourth-order valence-corrected chi connectivity index (χ4v) is 1.46. The smallest absolute Gasteiger partial charge is 0.225 e. The molecule has 0 spiro atoms. The maximum Gasteiger partial charge on any atom is 0.225 e. The van der Waals surface area contributed by atoms with Crippen molar-refractivity contribution in [3.8, 4) is 6.07 Å². The Morgan fingerprint density at radius 2 is 2.38 bits per heavy atom. The van der Waals surface area contributed by atoms with Crippen LogP contribution in [-0.4, -0.2) is 19.2 Å². The third-order valence-electron chi connectivity index (χ3n) is 1.41. The van der Waals surface area contributed by atoms with Crippen LogP contribution < -0.4 is 4.72 Å². The lowest BCUT2D eigenvalue weighted by molar-refractivity contribution is 0.585. The summed E-state index contributed by atoms with van der Waals surface area (Å²) >= 11 is 0. The average molecular weight is 199 g/mol. The number of sulfonamides is 1. The molecule has 0 saturated heterocycles. The zero-order chi connectivity index (χ0) is 9.73. The Labute approximate surface area is 76.4 Å². The normalized spacial score (nSPS) is 11.0. The number of nitrogens with one attached hydrogen (secondary N) is 2. The maximum absolute atomic E-state index is 11.0. The molecule has 0 fully saturated rings. The molecule has 1 aromatic heterocycles. The molecule has 0 atom stereocenters. The first-order valence-electron chi connectivity index (χ1n) is 3.60. The van der Waals surface area contributed by atoms with Crippen molar-refractivity contribution in [2.75, 3.05) is 5.75 Å². The molecule has 2 N–H and O–H groups in total. The highest BCUT2D eigenvalue weighted by molar-refractivity contribution is 7.89. The number of hydrogen-bond acceptors (Lipinski definition) is 3. The van der Waals surface area contributed by atoms with Crippen LogP contribution in [0.25, 0.3) is 0 Å². The molecule has 1 heterocycles. The summed E-state index contributed by atoms with van der Waals surface area (Å²) in [4.78, 5) is 2.80. The molecule has 0 aromatic carbocycles. The third kappa shape index (κ3) is 3.27. The first-order valence-corrected chi connectivity index (χ1v) is 5.25. The van der Waals surface area contributed by atoms with Crippen LogP contribution in [0, 0.1) is 11.3 Å². The predicted molar refractivity (Wildman–Crippen MR) is 47.0 cm³/mol. The highest BCUT2D eigenvalue weighted by Gasteiger charge is 2.08. The molecule has 0 aliphatic carbocycles. The molecule has 70 valence electrons. The second-order valence-electron chi connectivity index (χ2n) is 2.46. The van der Waals surface area contributed by atoms with E-state index in [2.05, 4.69) is 9.71 Å². The van der Waals surface area contributed by atoms with Crippen LogP contribution in [0.2, 0.25) is 0 Å². The highest BCUT2D eigenvalue weighted by atomic mass is 32.2. The van der Waals surface area contributed by atoms with Gasteiger partial charge < -0.3 is 4.98 Å². The van der Waals surface area contributed by atoms with Crippen LogP contribution in [0.5, 0.6) is 0 Å². The van der Waals surface area contributed by atoms with Crippen molar-refractivity contribution in [1.82, 2.24) is 9.71 Å².